The molecule has 0 saturated carbocycles. The van der Waals surface area contributed by atoms with Crippen molar-refractivity contribution in [1.29, 1.82) is 0 Å². The summed E-state index contributed by atoms with van der Waals surface area (Å²) in [5.41, 5.74) is 9.95. The van der Waals surface area contributed by atoms with Crippen LogP contribution in [0.4, 0.5) is 0 Å². The highest BCUT2D eigenvalue weighted by Crippen LogP contribution is 2.47. The van der Waals surface area contributed by atoms with Crippen LogP contribution in [0, 0.1) is 0 Å². The Balaban J connectivity index is 1.37. The molecule has 194 valence electrons. The quantitative estimate of drug-likeness (QED) is 0.163. The fourth-order valence-corrected chi connectivity index (χ4v) is 6.57. The van der Waals surface area contributed by atoms with Crippen LogP contribution < -0.4 is 4.57 Å². The van der Waals surface area contributed by atoms with Gasteiger partial charge in [-0.05, 0) is 68.2 Å². The minimum absolute atomic E-state index is 0.859. The molecule has 0 fully saturated rings. The first-order chi connectivity index (χ1) is 20.8. The van der Waals surface area contributed by atoms with Crippen LogP contribution in [0.25, 0.3) is 83.0 Å². The van der Waals surface area contributed by atoms with E-state index in [-0.39, 0.29) is 0 Å². The average molecular weight is 535 g/mol. The van der Waals surface area contributed by atoms with E-state index in [1.807, 2.05) is 12.3 Å². The lowest BCUT2D eigenvalue weighted by atomic mass is 9.94. The Morgan fingerprint density at radius 1 is 0.500 bits per heavy atom. The number of rotatable bonds is 2. The number of fused-ring (bicyclic) bond motifs is 8. The van der Waals surface area contributed by atoms with Gasteiger partial charge in [0.05, 0.1) is 16.6 Å². The van der Waals surface area contributed by atoms with E-state index >= 15 is 0 Å². The van der Waals surface area contributed by atoms with E-state index < -0.39 is 0 Å². The zero-order valence-electron chi connectivity index (χ0n) is 22.7. The Bertz CT molecular complexity index is 2350. The molecule has 1 aliphatic carbocycles. The Labute approximate surface area is 243 Å². The molecule has 2 aromatic heterocycles. The molecule has 42 heavy (non-hydrogen) atoms. The number of para-hydroxylation sites is 1. The number of pyridine rings is 1. The van der Waals surface area contributed by atoms with Crippen LogP contribution in [-0.4, -0.2) is 9.97 Å². The van der Waals surface area contributed by atoms with Gasteiger partial charge in [-0.25, -0.2) is 0 Å². The van der Waals surface area contributed by atoms with Gasteiger partial charge in [-0.15, -0.1) is 0 Å². The summed E-state index contributed by atoms with van der Waals surface area (Å²) in [5, 5.41) is 5.90. The predicted molar refractivity (Wildman–Crippen MR) is 171 cm³/mol. The maximum Gasteiger partial charge on any atom is 0.337 e. The summed E-state index contributed by atoms with van der Waals surface area (Å²) < 4.78 is 2.19. The zero-order chi connectivity index (χ0) is 27.6. The van der Waals surface area contributed by atoms with Crippen LogP contribution >= 0.6 is 0 Å². The maximum absolute atomic E-state index is 5.38. The number of benzene rings is 6. The number of aromatic nitrogens is 3. The Morgan fingerprint density at radius 3 is 2.02 bits per heavy atom. The fourth-order valence-electron chi connectivity index (χ4n) is 6.57. The van der Waals surface area contributed by atoms with Crippen molar-refractivity contribution in [1.82, 2.24) is 9.97 Å². The van der Waals surface area contributed by atoms with Gasteiger partial charge in [-0.1, -0.05) is 103 Å². The summed E-state index contributed by atoms with van der Waals surface area (Å²) in [5.74, 6) is 0.859. The van der Waals surface area contributed by atoms with E-state index in [9.17, 15) is 0 Å². The van der Waals surface area contributed by atoms with Crippen molar-refractivity contribution in [3.8, 4) is 50.6 Å². The van der Waals surface area contributed by atoms with E-state index in [1.54, 1.807) is 0 Å². The lowest BCUT2D eigenvalue weighted by Crippen LogP contribution is -2.34. The molecule has 0 amide bonds. The second-order valence-electron chi connectivity index (χ2n) is 10.9. The molecule has 0 aliphatic heterocycles. The standard InChI is InChI=1S/C39H24N3/c1-2-13-29(14-3-1)42-24-27-21-20-25-10-4-5-15-30(25)37(27)41-39(42)28-22-35-32-17-7-6-16-31(32)33-18-8-11-26-12-9-19-34(36(26)33)38(35)40-23-28/h1-24H/q+1. The molecule has 6 aromatic carbocycles. The lowest BCUT2D eigenvalue weighted by Gasteiger charge is -2.12. The molecular weight excluding hydrogens is 510 g/mol. The van der Waals surface area contributed by atoms with E-state index in [2.05, 4.69) is 138 Å². The predicted octanol–water partition coefficient (Wildman–Crippen LogP) is 9.19. The molecule has 0 radical (unpaired) electrons. The van der Waals surface area contributed by atoms with Gasteiger partial charge in [0, 0.05) is 22.7 Å². The molecule has 9 rings (SSSR count). The van der Waals surface area contributed by atoms with Gasteiger partial charge in [-0.3, -0.25) is 4.98 Å². The van der Waals surface area contributed by atoms with Gasteiger partial charge in [0.2, 0.25) is 0 Å². The lowest BCUT2D eigenvalue weighted by molar-refractivity contribution is -0.585. The summed E-state index contributed by atoms with van der Waals surface area (Å²) in [6.07, 6.45) is 4.20. The van der Waals surface area contributed by atoms with Crippen LogP contribution in [0.5, 0.6) is 0 Å². The molecule has 0 N–H and O–H groups in total. The topological polar surface area (TPSA) is 29.7 Å². The van der Waals surface area contributed by atoms with E-state index in [4.69, 9.17) is 9.97 Å². The second-order valence-corrected chi connectivity index (χ2v) is 10.9. The molecular formula is C39H24N3+. The van der Waals surface area contributed by atoms with Gasteiger partial charge < -0.3 is 0 Å². The molecule has 0 spiro atoms. The van der Waals surface area contributed by atoms with Gasteiger partial charge in [0.1, 0.15) is 11.9 Å². The van der Waals surface area contributed by atoms with E-state index in [0.29, 0.717) is 0 Å². The number of hydrogen-bond acceptors (Lipinski definition) is 2. The third-order valence-corrected chi connectivity index (χ3v) is 8.49. The Morgan fingerprint density at radius 2 is 1.17 bits per heavy atom. The van der Waals surface area contributed by atoms with Crippen LogP contribution in [0.3, 0.4) is 0 Å². The summed E-state index contributed by atoms with van der Waals surface area (Å²) >= 11 is 0. The van der Waals surface area contributed by atoms with Gasteiger partial charge >= 0.3 is 5.82 Å². The molecule has 3 nitrogen and oxygen atoms in total. The largest absolute Gasteiger partial charge is 0.337 e. The number of nitrogens with zero attached hydrogens (tertiary/aromatic N) is 3. The average Bonchev–Trinajstić information content (AvgIpc) is 3.18. The molecule has 0 atom stereocenters. The van der Waals surface area contributed by atoms with Crippen molar-refractivity contribution in [3.63, 3.8) is 0 Å². The molecule has 0 unspecified atom stereocenters. The highest BCUT2D eigenvalue weighted by atomic mass is 15.0. The van der Waals surface area contributed by atoms with Gasteiger partial charge in [-0.2, -0.15) is 4.57 Å². The minimum Gasteiger partial charge on any atom is -0.255 e. The fraction of sp³-hybridized carbons (Fsp3) is 0. The summed E-state index contributed by atoms with van der Waals surface area (Å²) in [6, 6.07) is 47.3. The molecule has 1 aliphatic rings. The van der Waals surface area contributed by atoms with Gasteiger partial charge in [0.25, 0.3) is 0 Å². The Hall–Kier alpha value is -5.67. The zero-order valence-corrected chi connectivity index (χ0v) is 22.7. The van der Waals surface area contributed by atoms with E-state index in [0.717, 1.165) is 50.2 Å². The van der Waals surface area contributed by atoms with Crippen LogP contribution in [-0.2, 0) is 0 Å². The first-order valence-corrected chi connectivity index (χ1v) is 14.3. The van der Waals surface area contributed by atoms with Crippen molar-refractivity contribution in [2.24, 2.45) is 0 Å². The summed E-state index contributed by atoms with van der Waals surface area (Å²) in [4.78, 5) is 10.6. The first kappa shape index (κ1) is 23.1. The second kappa shape index (κ2) is 8.92. The van der Waals surface area contributed by atoms with Crippen molar-refractivity contribution < 1.29 is 4.57 Å². The van der Waals surface area contributed by atoms with Crippen LogP contribution in [0.1, 0.15) is 0 Å². The smallest absolute Gasteiger partial charge is 0.255 e. The maximum atomic E-state index is 5.38. The minimum atomic E-state index is 0.859. The molecule has 2 heterocycles. The van der Waals surface area contributed by atoms with Crippen molar-refractivity contribution >= 4 is 32.4 Å². The molecule has 3 heteroatoms. The van der Waals surface area contributed by atoms with Crippen molar-refractivity contribution in [3.05, 3.63) is 146 Å². The van der Waals surface area contributed by atoms with Crippen molar-refractivity contribution in [2.75, 3.05) is 0 Å². The van der Waals surface area contributed by atoms with Gasteiger partial charge in [0.15, 0.2) is 5.52 Å². The van der Waals surface area contributed by atoms with Crippen LogP contribution in [0.15, 0.2) is 146 Å². The third-order valence-electron chi connectivity index (χ3n) is 8.49. The Kier molecular flexibility index (Phi) is 4.90. The first-order valence-electron chi connectivity index (χ1n) is 14.3. The van der Waals surface area contributed by atoms with E-state index in [1.165, 1.54) is 32.8 Å². The highest BCUT2D eigenvalue weighted by Gasteiger charge is 2.26. The molecule has 0 bridgehead atoms. The summed E-state index contributed by atoms with van der Waals surface area (Å²) in [7, 11) is 0. The summed E-state index contributed by atoms with van der Waals surface area (Å²) in [6.45, 7) is 0. The molecule has 8 aromatic rings. The third kappa shape index (κ3) is 3.37. The van der Waals surface area contributed by atoms with Crippen molar-refractivity contribution in [2.45, 2.75) is 0 Å². The highest BCUT2D eigenvalue weighted by molar-refractivity contribution is 6.13. The van der Waals surface area contributed by atoms with Crippen LogP contribution in [0.2, 0.25) is 0 Å². The monoisotopic (exact) mass is 534 g/mol. The molecule has 0 saturated heterocycles. The number of hydrogen-bond donors (Lipinski definition) is 0. The normalized spacial score (nSPS) is 11.8. The SMILES string of the molecule is c1ccc(-[n+]2cc3ccc4ccccc4c3nc2-c2cnc3c(c2)-c2ccccc2-c2cccc4cccc-3c24)cc1.